The largest absolute Gasteiger partial charge is 0.513 e. The van der Waals surface area contributed by atoms with Crippen LogP contribution in [0.5, 0.6) is 5.75 Å². The quantitative estimate of drug-likeness (QED) is 0.430. The van der Waals surface area contributed by atoms with Crippen molar-refractivity contribution in [3.05, 3.63) is 42.4 Å². The van der Waals surface area contributed by atoms with Gasteiger partial charge in [0.25, 0.3) is 0 Å². The molecule has 158 valence electrons. The molecule has 0 atom stereocenters. The van der Waals surface area contributed by atoms with E-state index in [0.717, 1.165) is 12.5 Å². The summed E-state index contributed by atoms with van der Waals surface area (Å²) >= 11 is 0. The summed E-state index contributed by atoms with van der Waals surface area (Å²) in [5.74, 6) is -0.104. The van der Waals surface area contributed by atoms with Crippen molar-refractivity contribution >= 4 is 18.4 Å². The zero-order valence-corrected chi connectivity index (χ0v) is 15.8. The van der Waals surface area contributed by atoms with Gasteiger partial charge in [0.05, 0.1) is 12.2 Å². The van der Waals surface area contributed by atoms with E-state index in [2.05, 4.69) is 20.3 Å². The van der Waals surface area contributed by atoms with E-state index in [1.165, 1.54) is 29.4 Å². The molecule has 0 N–H and O–H groups in total. The fraction of sp³-hybridized carbons (Fsp3) is 0.278. The molecule has 30 heavy (non-hydrogen) atoms. The van der Waals surface area contributed by atoms with Gasteiger partial charge in [-0.05, 0) is 24.1 Å². The van der Waals surface area contributed by atoms with Gasteiger partial charge in [0.2, 0.25) is 12.3 Å². The number of halogens is 3. The number of aromatic nitrogens is 5. The van der Waals surface area contributed by atoms with Gasteiger partial charge < -0.3 is 13.9 Å². The number of ether oxygens (including phenoxy) is 2. The van der Waals surface area contributed by atoms with Crippen LogP contribution >= 0.6 is 0 Å². The Bertz CT molecular complexity index is 1030. The summed E-state index contributed by atoms with van der Waals surface area (Å²) in [5, 5.41) is 11.2. The minimum atomic E-state index is -4.67. The summed E-state index contributed by atoms with van der Waals surface area (Å²) in [6, 6.07) is 2.77. The highest BCUT2D eigenvalue weighted by molar-refractivity contribution is 5.67. The lowest BCUT2D eigenvalue weighted by Gasteiger charge is -2.12. The third-order valence-electron chi connectivity index (χ3n) is 3.48. The Morgan fingerprint density at radius 1 is 1.30 bits per heavy atom. The Hall–Kier alpha value is -3.70. The molecule has 3 rings (SSSR count). The molecule has 1 aromatic carbocycles. The third-order valence-corrected chi connectivity index (χ3v) is 3.48. The van der Waals surface area contributed by atoms with Gasteiger partial charge in [0.15, 0.2) is 5.82 Å². The van der Waals surface area contributed by atoms with E-state index in [1.54, 1.807) is 0 Å². The van der Waals surface area contributed by atoms with Crippen LogP contribution < -0.4 is 4.74 Å². The van der Waals surface area contributed by atoms with E-state index >= 15 is 0 Å². The minimum absolute atomic E-state index is 0.00132. The highest BCUT2D eigenvalue weighted by Crippen LogP contribution is 2.35. The molecule has 0 bridgehead atoms. The van der Waals surface area contributed by atoms with Crippen LogP contribution in [-0.4, -0.2) is 37.7 Å². The van der Waals surface area contributed by atoms with Gasteiger partial charge in [-0.1, -0.05) is 13.8 Å². The molecule has 0 amide bonds. The molecular formula is C18H16F3N5O4. The fourth-order valence-electron chi connectivity index (χ4n) is 2.18. The van der Waals surface area contributed by atoms with Crippen molar-refractivity contribution in [1.29, 1.82) is 0 Å². The van der Waals surface area contributed by atoms with E-state index in [9.17, 15) is 18.0 Å². The summed E-state index contributed by atoms with van der Waals surface area (Å²) in [6.45, 7) is 3.69. The lowest BCUT2D eigenvalue weighted by atomic mass is 10.1. The predicted octanol–water partition coefficient (Wildman–Crippen LogP) is 4.15. The van der Waals surface area contributed by atoms with Crippen LogP contribution in [0, 0.1) is 5.92 Å². The summed E-state index contributed by atoms with van der Waals surface area (Å²) in [5.41, 5.74) is -1.02. The standard InChI is InChI=1S/C18H16F3N5O4/c1-11(2)8-28-17(27)30-14-6-12(5-13(7-14)18(19,20)21)16-22-9-26(25-16)4-3-15-24-23-10-29-15/h3-7,9-11H,8H2,1-2H3. The average molecular weight is 423 g/mol. The van der Waals surface area contributed by atoms with Crippen molar-refractivity contribution in [3.8, 4) is 17.1 Å². The van der Waals surface area contributed by atoms with Gasteiger partial charge in [-0.3, -0.25) is 0 Å². The normalized spacial score (nSPS) is 11.9. The molecule has 0 unspecified atom stereocenters. The topological polar surface area (TPSA) is 105 Å². The number of rotatable bonds is 6. The monoisotopic (exact) mass is 423 g/mol. The molecular weight excluding hydrogens is 407 g/mol. The van der Waals surface area contributed by atoms with Gasteiger partial charge in [0.1, 0.15) is 12.1 Å². The first kappa shape index (κ1) is 21.0. The Morgan fingerprint density at radius 3 is 2.77 bits per heavy atom. The van der Waals surface area contributed by atoms with Crippen LogP contribution in [0.25, 0.3) is 23.7 Å². The Morgan fingerprint density at radius 2 is 2.10 bits per heavy atom. The van der Waals surface area contributed by atoms with Crippen LogP contribution in [0.1, 0.15) is 25.3 Å². The summed E-state index contributed by atoms with van der Waals surface area (Å²) in [6.07, 6.45) is -0.483. The smallest absolute Gasteiger partial charge is 0.434 e. The summed E-state index contributed by atoms with van der Waals surface area (Å²) in [7, 11) is 0. The molecule has 0 saturated heterocycles. The predicted molar refractivity (Wildman–Crippen MR) is 96.8 cm³/mol. The number of hydrogen-bond donors (Lipinski definition) is 0. The highest BCUT2D eigenvalue weighted by Gasteiger charge is 2.32. The van der Waals surface area contributed by atoms with Gasteiger partial charge in [0, 0.05) is 17.8 Å². The van der Waals surface area contributed by atoms with Crippen LogP contribution in [0.2, 0.25) is 0 Å². The maximum Gasteiger partial charge on any atom is 0.513 e. The molecule has 0 aliphatic heterocycles. The van der Waals surface area contributed by atoms with E-state index in [0.29, 0.717) is 6.07 Å². The molecule has 3 aromatic rings. The van der Waals surface area contributed by atoms with Gasteiger partial charge in [-0.2, -0.15) is 13.2 Å². The molecule has 0 aliphatic rings. The van der Waals surface area contributed by atoms with Crippen LogP contribution in [-0.2, 0) is 10.9 Å². The molecule has 0 fully saturated rings. The van der Waals surface area contributed by atoms with E-state index in [-0.39, 0.29) is 35.6 Å². The Kier molecular flexibility index (Phi) is 6.14. The average Bonchev–Trinajstić information content (AvgIpc) is 3.35. The van der Waals surface area contributed by atoms with E-state index in [1.807, 2.05) is 13.8 Å². The molecule has 12 heteroatoms. The number of hydrogen-bond acceptors (Lipinski definition) is 8. The lowest BCUT2D eigenvalue weighted by Crippen LogP contribution is -2.15. The van der Waals surface area contributed by atoms with Crippen LogP contribution in [0.4, 0.5) is 18.0 Å². The van der Waals surface area contributed by atoms with Crippen molar-refractivity contribution in [2.24, 2.45) is 5.92 Å². The zero-order valence-electron chi connectivity index (χ0n) is 15.8. The van der Waals surface area contributed by atoms with Crippen molar-refractivity contribution in [1.82, 2.24) is 25.0 Å². The first-order valence-electron chi connectivity index (χ1n) is 8.63. The Labute approximate surface area is 168 Å². The SMILES string of the molecule is CC(C)COC(=O)Oc1cc(-c2ncn(C=Cc3nnco3)n2)cc(C(F)(F)F)c1. The molecule has 2 heterocycles. The highest BCUT2D eigenvalue weighted by atomic mass is 19.4. The summed E-state index contributed by atoms with van der Waals surface area (Å²) in [4.78, 5) is 15.7. The third kappa shape index (κ3) is 5.65. The molecule has 9 nitrogen and oxygen atoms in total. The lowest BCUT2D eigenvalue weighted by molar-refractivity contribution is -0.137. The Balaban J connectivity index is 1.85. The van der Waals surface area contributed by atoms with Crippen LogP contribution in [0.15, 0.2) is 35.3 Å². The number of carbonyl (C=O) groups is 1. The van der Waals surface area contributed by atoms with Crippen LogP contribution in [0.3, 0.4) is 0 Å². The first-order chi connectivity index (χ1) is 14.2. The van der Waals surface area contributed by atoms with Gasteiger partial charge in [-0.15, -0.1) is 15.3 Å². The minimum Gasteiger partial charge on any atom is -0.434 e. The molecule has 0 spiro atoms. The maximum absolute atomic E-state index is 13.3. The van der Waals surface area contributed by atoms with Crippen molar-refractivity contribution in [2.45, 2.75) is 20.0 Å². The zero-order chi connectivity index (χ0) is 21.7. The number of carbonyl (C=O) groups excluding carboxylic acids is 1. The molecule has 0 aliphatic carbocycles. The van der Waals surface area contributed by atoms with Gasteiger partial charge in [-0.25, -0.2) is 14.5 Å². The first-order valence-corrected chi connectivity index (χ1v) is 8.63. The molecule has 0 radical (unpaired) electrons. The van der Waals surface area contributed by atoms with Crippen molar-refractivity contribution in [2.75, 3.05) is 6.61 Å². The maximum atomic E-state index is 13.3. The second kappa shape index (κ2) is 8.76. The van der Waals surface area contributed by atoms with Gasteiger partial charge >= 0.3 is 12.3 Å². The molecule has 0 saturated carbocycles. The number of alkyl halides is 3. The summed E-state index contributed by atoms with van der Waals surface area (Å²) < 4.78 is 55.8. The number of benzene rings is 1. The molecule has 2 aromatic heterocycles. The fourth-order valence-corrected chi connectivity index (χ4v) is 2.18. The van der Waals surface area contributed by atoms with E-state index in [4.69, 9.17) is 13.9 Å². The van der Waals surface area contributed by atoms with Crippen molar-refractivity contribution < 1.29 is 31.9 Å². The van der Waals surface area contributed by atoms with Crippen molar-refractivity contribution in [3.63, 3.8) is 0 Å². The number of nitrogens with zero attached hydrogens (tertiary/aromatic N) is 5. The second-order valence-electron chi connectivity index (χ2n) is 6.44. The second-order valence-corrected chi connectivity index (χ2v) is 6.44. The van der Waals surface area contributed by atoms with E-state index < -0.39 is 17.9 Å².